The third-order valence-electron chi connectivity index (χ3n) is 8.90. The normalized spacial score (nSPS) is 13.8. The van der Waals surface area contributed by atoms with Crippen LogP contribution in [0, 0.1) is 5.82 Å². The first kappa shape index (κ1) is 35.5. The van der Waals surface area contributed by atoms with E-state index in [-0.39, 0.29) is 40.4 Å². The van der Waals surface area contributed by atoms with Crippen molar-refractivity contribution in [3.8, 4) is 11.1 Å². The van der Waals surface area contributed by atoms with E-state index in [1.54, 1.807) is 80.6 Å². The molecule has 262 valence electrons. The van der Waals surface area contributed by atoms with E-state index in [4.69, 9.17) is 11.6 Å². The van der Waals surface area contributed by atoms with Gasteiger partial charge in [0.2, 0.25) is 0 Å². The van der Waals surface area contributed by atoms with Crippen LogP contribution in [0.2, 0.25) is 5.02 Å². The molecular formula is C38H31ClF4N4O4. The van der Waals surface area contributed by atoms with Gasteiger partial charge in [0.25, 0.3) is 17.4 Å². The summed E-state index contributed by atoms with van der Waals surface area (Å²) in [7, 11) is 0. The summed E-state index contributed by atoms with van der Waals surface area (Å²) in [5.41, 5.74) is -3.59. The number of nitrogens with one attached hydrogen (secondary N) is 1. The molecule has 6 rings (SSSR count). The first-order chi connectivity index (χ1) is 24.2. The van der Waals surface area contributed by atoms with Gasteiger partial charge < -0.3 is 5.32 Å². The lowest BCUT2D eigenvalue weighted by Crippen LogP contribution is -2.54. The first-order valence-electron chi connectivity index (χ1n) is 15.9. The predicted molar refractivity (Wildman–Crippen MR) is 184 cm³/mol. The fourth-order valence-electron chi connectivity index (χ4n) is 6.29. The molecule has 0 spiro atoms. The van der Waals surface area contributed by atoms with Crippen molar-refractivity contribution in [2.24, 2.45) is 0 Å². The SMILES string of the molecule is CC(C)(CN[C@@H](Cn1c(=O)c(-c2ccccc2Cl)cn(Cc2c(F)cccc2C(F)(F)F)c1=O)c1ccccc1)N1C(=O)c2ccccc2C1=O. The Labute approximate surface area is 294 Å². The zero-order valence-electron chi connectivity index (χ0n) is 27.4. The van der Waals surface area contributed by atoms with E-state index < -0.39 is 64.3 Å². The molecule has 1 aliphatic rings. The van der Waals surface area contributed by atoms with Gasteiger partial charge in [-0.15, -0.1) is 0 Å². The Balaban J connectivity index is 1.43. The third kappa shape index (κ3) is 6.89. The maximum Gasteiger partial charge on any atom is 0.416 e. The fraction of sp³-hybridized carbons (Fsp3) is 0.211. The van der Waals surface area contributed by atoms with Crippen LogP contribution in [0.5, 0.6) is 0 Å². The van der Waals surface area contributed by atoms with Gasteiger partial charge in [0.05, 0.1) is 46.9 Å². The highest BCUT2D eigenvalue weighted by Gasteiger charge is 2.44. The lowest BCUT2D eigenvalue weighted by molar-refractivity contribution is -0.138. The molecule has 2 heterocycles. The lowest BCUT2D eigenvalue weighted by atomic mass is 10.00. The number of nitrogens with zero attached hydrogens (tertiary/aromatic N) is 3. The molecule has 13 heteroatoms. The van der Waals surface area contributed by atoms with Crippen molar-refractivity contribution < 1.29 is 27.2 Å². The summed E-state index contributed by atoms with van der Waals surface area (Å²) in [5, 5.41) is 3.46. The highest BCUT2D eigenvalue weighted by atomic mass is 35.5. The number of aromatic nitrogens is 2. The number of alkyl halides is 3. The molecule has 51 heavy (non-hydrogen) atoms. The Kier molecular flexibility index (Phi) is 9.58. The average molecular weight is 719 g/mol. The minimum Gasteiger partial charge on any atom is -0.306 e. The van der Waals surface area contributed by atoms with Crippen LogP contribution in [0.15, 0.2) is 113 Å². The van der Waals surface area contributed by atoms with Gasteiger partial charge in [0, 0.05) is 28.9 Å². The van der Waals surface area contributed by atoms with E-state index in [1.165, 1.54) is 12.1 Å². The van der Waals surface area contributed by atoms with Gasteiger partial charge in [-0.25, -0.2) is 9.18 Å². The van der Waals surface area contributed by atoms with Gasteiger partial charge in [-0.1, -0.05) is 78.3 Å². The molecule has 0 aliphatic carbocycles. The molecule has 0 saturated carbocycles. The molecule has 1 aliphatic heterocycles. The summed E-state index contributed by atoms with van der Waals surface area (Å²) in [6.45, 7) is 2.26. The molecular weight excluding hydrogens is 688 g/mol. The second-order valence-electron chi connectivity index (χ2n) is 12.8. The maximum absolute atomic E-state index is 15.0. The molecule has 1 N–H and O–H groups in total. The standard InChI is InChI=1S/C38H31ClF4N4O4/c1-37(2,47-34(49)25-14-6-7-15-26(25)35(47)50)22-44-32(23-11-4-3-5-12-23)21-46-33(48)27(24-13-8-9-17-30(24)39)19-45(36(46)51)20-28-29(38(41,42)43)16-10-18-31(28)40/h3-19,32,44H,20-22H2,1-2H3/t32-/m0/s1. The summed E-state index contributed by atoms with van der Waals surface area (Å²) in [6, 6.07) is 23.3. The van der Waals surface area contributed by atoms with Crippen molar-refractivity contribution in [1.82, 2.24) is 19.4 Å². The van der Waals surface area contributed by atoms with Gasteiger partial charge in [0.15, 0.2) is 0 Å². The van der Waals surface area contributed by atoms with Crippen molar-refractivity contribution in [3.05, 3.63) is 163 Å². The molecule has 0 saturated heterocycles. The topological polar surface area (TPSA) is 93.4 Å². The van der Waals surface area contributed by atoms with E-state index >= 15 is 4.39 Å². The van der Waals surface area contributed by atoms with Crippen LogP contribution < -0.4 is 16.6 Å². The quantitative estimate of drug-likeness (QED) is 0.125. The largest absolute Gasteiger partial charge is 0.416 e. The van der Waals surface area contributed by atoms with Crippen LogP contribution in [0.25, 0.3) is 11.1 Å². The van der Waals surface area contributed by atoms with E-state index in [9.17, 15) is 32.3 Å². The summed E-state index contributed by atoms with van der Waals surface area (Å²) in [4.78, 5) is 56.0. The maximum atomic E-state index is 15.0. The Hall–Kier alpha value is -5.33. The van der Waals surface area contributed by atoms with Gasteiger partial charge in [0.1, 0.15) is 5.82 Å². The van der Waals surface area contributed by atoms with E-state index in [2.05, 4.69) is 5.32 Å². The van der Waals surface area contributed by atoms with Crippen molar-refractivity contribution in [2.45, 2.75) is 44.7 Å². The van der Waals surface area contributed by atoms with Crippen molar-refractivity contribution in [1.29, 1.82) is 0 Å². The summed E-state index contributed by atoms with van der Waals surface area (Å²) in [6.07, 6.45) is -3.83. The van der Waals surface area contributed by atoms with Crippen LogP contribution in [0.3, 0.4) is 0 Å². The summed E-state index contributed by atoms with van der Waals surface area (Å²) in [5.74, 6) is -2.10. The summed E-state index contributed by atoms with van der Waals surface area (Å²) >= 11 is 6.45. The molecule has 5 aromatic rings. The third-order valence-corrected chi connectivity index (χ3v) is 9.23. The molecule has 1 atom stereocenters. The minimum absolute atomic E-state index is 0.0232. The smallest absolute Gasteiger partial charge is 0.306 e. The van der Waals surface area contributed by atoms with Crippen LogP contribution in [-0.2, 0) is 19.3 Å². The first-order valence-corrected chi connectivity index (χ1v) is 16.3. The van der Waals surface area contributed by atoms with Crippen molar-refractivity contribution in [2.75, 3.05) is 6.54 Å². The molecule has 0 bridgehead atoms. The van der Waals surface area contributed by atoms with Crippen LogP contribution in [0.4, 0.5) is 17.6 Å². The van der Waals surface area contributed by atoms with Gasteiger partial charge >= 0.3 is 11.9 Å². The van der Waals surface area contributed by atoms with Gasteiger partial charge in [-0.2, -0.15) is 13.2 Å². The Morgan fingerprint density at radius 3 is 1.94 bits per heavy atom. The summed E-state index contributed by atoms with van der Waals surface area (Å²) < 4.78 is 58.6. The average Bonchev–Trinajstić information content (AvgIpc) is 3.36. The van der Waals surface area contributed by atoms with Crippen LogP contribution in [-0.4, -0.2) is 37.9 Å². The molecule has 1 aromatic heterocycles. The molecule has 0 fully saturated rings. The van der Waals surface area contributed by atoms with Gasteiger partial charge in [-0.3, -0.25) is 28.4 Å². The Morgan fingerprint density at radius 2 is 1.33 bits per heavy atom. The molecule has 0 radical (unpaired) electrons. The van der Waals surface area contributed by atoms with Crippen molar-refractivity contribution >= 4 is 23.4 Å². The second-order valence-corrected chi connectivity index (χ2v) is 13.2. The molecule has 8 nitrogen and oxygen atoms in total. The number of benzene rings is 4. The number of fused-ring (bicyclic) bond motifs is 1. The number of carbonyl (C=O) groups excluding carboxylic acids is 2. The Morgan fingerprint density at radius 1 is 0.745 bits per heavy atom. The van der Waals surface area contributed by atoms with Crippen molar-refractivity contribution in [3.63, 3.8) is 0 Å². The van der Waals surface area contributed by atoms with Crippen LogP contribution >= 0.6 is 11.6 Å². The number of hydrogen-bond donors (Lipinski definition) is 1. The molecule has 2 amide bonds. The number of rotatable bonds is 10. The fourth-order valence-corrected chi connectivity index (χ4v) is 6.53. The highest BCUT2D eigenvalue weighted by molar-refractivity contribution is 6.33. The zero-order valence-corrected chi connectivity index (χ0v) is 28.1. The minimum atomic E-state index is -4.92. The zero-order chi connectivity index (χ0) is 36.7. The monoisotopic (exact) mass is 718 g/mol. The predicted octanol–water partition coefficient (Wildman–Crippen LogP) is 6.94. The number of halogens is 5. The second kappa shape index (κ2) is 13.8. The van der Waals surface area contributed by atoms with Gasteiger partial charge in [-0.05, 0) is 49.7 Å². The number of carbonyl (C=O) groups is 2. The molecule has 0 unspecified atom stereocenters. The number of amides is 2. The van der Waals surface area contributed by atoms with E-state index in [0.29, 0.717) is 5.56 Å². The highest BCUT2D eigenvalue weighted by Crippen LogP contribution is 2.34. The number of imide groups is 1. The van der Waals surface area contributed by atoms with Crippen LogP contribution in [0.1, 0.15) is 57.3 Å². The Bertz CT molecular complexity index is 2230. The lowest BCUT2D eigenvalue weighted by Gasteiger charge is -2.35. The van der Waals surface area contributed by atoms with E-state index in [0.717, 1.165) is 38.4 Å². The number of hydrogen-bond acceptors (Lipinski definition) is 5. The van der Waals surface area contributed by atoms with E-state index in [1.807, 2.05) is 0 Å². The molecule has 4 aromatic carbocycles.